The Balaban J connectivity index is -0.000000130. The van der Waals surface area contributed by atoms with Gasteiger partial charge in [0, 0.05) is 9.52 Å². The standard InChI is InChI=1S/2C8H13Si.C2H7Si.2ClH.Hf/c2*1-9(2,3)8-6-4-5-7-8;1-3-2;;;/h2*6-7H,4H2,1-3H3;3H,1-2H3;2*1H;/q2*-1;;;;+4/p-2. The third-order valence-electron chi connectivity index (χ3n) is 3.13. The largest absolute Gasteiger partial charge is 4.00 e. The Labute approximate surface area is 187 Å². The van der Waals surface area contributed by atoms with Crippen molar-refractivity contribution in [2.75, 3.05) is 0 Å². The molecule has 0 unspecified atom stereocenters. The molecule has 2 aliphatic carbocycles. The molecule has 0 saturated carbocycles. The fraction of sp³-hybridized carbons (Fsp3) is 0.556. The van der Waals surface area contributed by atoms with Crippen LogP contribution in [-0.4, -0.2) is 25.7 Å². The molecular weight excluding hydrogens is 550 g/mol. The van der Waals surface area contributed by atoms with Gasteiger partial charge in [0.15, 0.2) is 0 Å². The molecule has 24 heavy (non-hydrogen) atoms. The summed E-state index contributed by atoms with van der Waals surface area (Å²) in [5, 5.41) is 3.12. The number of halogens is 2. The molecule has 0 N–H and O–H groups in total. The van der Waals surface area contributed by atoms with Gasteiger partial charge in [0.1, 0.15) is 0 Å². The van der Waals surface area contributed by atoms with Gasteiger partial charge in [-0.1, -0.05) is 52.4 Å². The van der Waals surface area contributed by atoms with Crippen molar-refractivity contribution in [3.05, 3.63) is 46.8 Å². The van der Waals surface area contributed by atoms with E-state index in [-0.39, 0.29) is 50.7 Å². The molecule has 0 saturated heterocycles. The summed E-state index contributed by atoms with van der Waals surface area (Å²) in [6.45, 7) is 18.6. The molecule has 0 aromatic rings. The van der Waals surface area contributed by atoms with Crippen molar-refractivity contribution < 1.29 is 50.7 Å². The van der Waals surface area contributed by atoms with E-state index in [0.29, 0.717) is 0 Å². The second-order valence-electron chi connectivity index (χ2n) is 7.50. The minimum absolute atomic E-state index is 0. The summed E-state index contributed by atoms with van der Waals surface area (Å²) in [6.07, 6.45) is 17.4. The van der Waals surface area contributed by atoms with Crippen molar-refractivity contribution in [1.29, 1.82) is 0 Å². The fourth-order valence-electron chi connectivity index (χ4n) is 1.84. The van der Waals surface area contributed by atoms with Crippen LogP contribution in [0.25, 0.3) is 0 Å². The monoisotopic (exact) mass is 583 g/mol. The Morgan fingerprint density at radius 1 is 0.750 bits per heavy atom. The van der Waals surface area contributed by atoms with E-state index in [1.165, 1.54) is 0 Å². The third-order valence-corrected chi connectivity index (χ3v) is 7.29. The fourth-order valence-corrected chi connectivity index (χ4v) is 4.34. The number of hydrogen-bond acceptors (Lipinski definition) is 0. The van der Waals surface area contributed by atoms with Gasteiger partial charge >= 0.3 is 25.8 Å². The molecule has 0 fully saturated rings. The van der Waals surface area contributed by atoms with Crippen LogP contribution in [0.4, 0.5) is 0 Å². The Morgan fingerprint density at radius 3 is 1.08 bits per heavy atom. The second kappa shape index (κ2) is 16.3. The first kappa shape index (κ1) is 32.7. The van der Waals surface area contributed by atoms with E-state index >= 15 is 0 Å². The predicted molar refractivity (Wildman–Crippen MR) is 107 cm³/mol. The van der Waals surface area contributed by atoms with Crippen molar-refractivity contribution in [1.82, 2.24) is 0 Å². The van der Waals surface area contributed by atoms with Gasteiger partial charge in [0.2, 0.25) is 0 Å². The minimum Gasteiger partial charge on any atom is -1.00 e. The molecular formula is C18H33Cl2HfSi3. The van der Waals surface area contributed by atoms with Crippen molar-refractivity contribution in [2.45, 2.75) is 65.2 Å². The van der Waals surface area contributed by atoms with Crippen molar-refractivity contribution in [3.63, 3.8) is 0 Å². The first-order chi connectivity index (χ1) is 9.62. The predicted octanol–water partition coefficient (Wildman–Crippen LogP) is -0.369. The average molecular weight is 583 g/mol. The van der Waals surface area contributed by atoms with Crippen LogP contribution in [0.15, 0.2) is 34.7 Å². The number of hydrogen-bond donors (Lipinski definition) is 0. The Hall–Kier alpha value is 1.06. The molecule has 0 aliphatic heterocycles. The van der Waals surface area contributed by atoms with Gasteiger partial charge in [0.05, 0.1) is 0 Å². The maximum Gasteiger partial charge on any atom is 4.00 e. The van der Waals surface area contributed by atoms with Gasteiger partial charge in [-0.25, -0.2) is 22.5 Å². The molecule has 135 valence electrons. The van der Waals surface area contributed by atoms with Gasteiger partial charge in [-0.15, -0.1) is 12.8 Å². The van der Waals surface area contributed by atoms with E-state index in [2.05, 4.69) is 88.8 Å². The van der Waals surface area contributed by atoms with Crippen LogP contribution < -0.4 is 24.8 Å². The van der Waals surface area contributed by atoms with Crippen molar-refractivity contribution in [3.8, 4) is 0 Å². The zero-order chi connectivity index (χ0) is 16.5. The van der Waals surface area contributed by atoms with Crippen LogP contribution in [0.5, 0.6) is 0 Å². The van der Waals surface area contributed by atoms with Gasteiger partial charge < -0.3 is 24.8 Å². The summed E-state index contributed by atoms with van der Waals surface area (Å²) in [6, 6.07) is 0. The first-order valence-corrected chi connectivity index (χ1v) is 17.2. The van der Waals surface area contributed by atoms with E-state index < -0.39 is 16.1 Å². The number of allylic oxidation sites excluding steroid dienone is 8. The zero-order valence-corrected chi connectivity index (χ0v) is 24.8. The number of rotatable bonds is 2. The molecule has 0 bridgehead atoms. The molecule has 0 aromatic heterocycles. The van der Waals surface area contributed by atoms with E-state index in [4.69, 9.17) is 0 Å². The van der Waals surface area contributed by atoms with Crippen LogP contribution in [-0.2, 0) is 25.8 Å². The second-order valence-corrected chi connectivity index (χ2v) is 18.8. The normalized spacial score (nSPS) is 14.5. The molecule has 2 aliphatic rings. The summed E-state index contributed by atoms with van der Waals surface area (Å²) < 4.78 is 0. The van der Waals surface area contributed by atoms with E-state index in [1.54, 1.807) is 10.4 Å². The molecule has 0 amide bonds. The maximum absolute atomic E-state index is 3.20. The third kappa shape index (κ3) is 15.3. The molecule has 1 radical (unpaired) electrons. The van der Waals surface area contributed by atoms with E-state index in [0.717, 1.165) is 22.4 Å². The first-order valence-electron chi connectivity index (χ1n) is 7.91. The SMILES string of the molecule is C[SiH]C.C[Si](C)(C)C1=CC[C-]=C1.C[Si](C)(C)C1=CC[C-]=C1.[Cl-].[Cl-].[Hf+4]. The van der Waals surface area contributed by atoms with Crippen LogP contribution in [0.2, 0.25) is 52.4 Å². The maximum atomic E-state index is 3.20. The molecule has 6 heteroatoms. The zero-order valence-electron chi connectivity index (χ0n) is 16.6. The molecule has 0 aromatic carbocycles. The minimum atomic E-state index is -0.981. The quantitative estimate of drug-likeness (QED) is 0.308. The van der Waals surface area contributed by atoms with Crippen LogP contribution in [0.3, 0.4) is 0 Å². The van der Waals surface area contributed by atoms with Gasteiger partial charge in [-0.05, 0) is 16.1 Å². The summed E-state index contributed by atoms with van der Waals surface area (Å²) in [5.41, 5.74) is 0. The van der Waals surface area contributed by atoms with Gasteiger partial charge in [0.25, 0.3) is 0 Å². The van der Waals surface area contributed by atoms with Crippen molar-refractivity contribution >= 4 is 25.7 Å². The Kier molecular flexibility index (Phi) is 22.1. The smallest absolute Gasteiger partial charge is 1.00 e. The van der Waals surface area contributed by atoms with Gasteiger partial charge in [-0.3, -0.25) is 12.2 Å². The molecule has 0 nitrogen and oxygen atoms in total. The van der Waals surface area contributed by atoms with E-state index in [9.17, 15) is 0 Å². The Bertz CT molecular complexity index is 389. The summed E-state index contributed by atoms with van der Waals surface area (Å²) in [7, 11) is -1.21. The molecule has 0 heterocycles. The van der Waals surface area contributed by atoms with Crippen LogP contribution in [0, 0.1) is 12.2 Å². The molecule has 0 spiro atoms. The van der Waals surface area contributed by atoms with Crippen molar-refractivity contribution in [2.24, 2.45) is 0 Å². The van der Waals surface area contributed by atoms with E-state index in [1.807, 2.05) is 0 Å². The van der Waals surface area contributed by atoms with Crippen LogP contribution in [0.1, 0.15) is 12.8 Å². The molecule has 2 rings (SSSR count). The summed E-state index contributed by atoms with van der Waals surface area (Å²) >= 11 is 0. The Morgan fingerprint density at radius 2 is 1.00 bits per heavy atom. The average Bonchev–Trinajstić information content (AvgIpc) is 3.03. The summed E-state index contributed by atoms with van der Waals surface area (Å²) in [5.74, 6) is 0. The summed E-state index contributed by atoms with van der Waals surface area (Å²) in [4.78, 5) is 0. The molecule has 0 atom stereocenters. The van der Waals surface area contributed by atoms with Crippen LogP contribution >= 0.6 is 0 Å². The van der Waals surface area contributed by atoms with Gasteiger partial charge in [-0.2, -0.15) is 12.2 Å². The topological polar surface area (TPSA) is 0 Å².